The van der Waals surface area contributed by atoms with Gasteiger partial charge in [-0.05, 0) is 0 Å². The molecule has 0 aromatic carbocycles. The first-order valence-electron chi connectivity index (χ1n) is 1.94. The van der Waals surface area contributed by atoms with E-state index in [9.17, 15) is 0 Å². The molecule has 2 nitrogen and oxygen atoms in total. The lowest BCUT2D eigenvalue weighted by Crippen LogP contribution is -2.04. The van der Waals surface area contributed by atoms with Crippen LogP contribution < -0.4 is 0 Å². The first-order valence-corrected chi connectivity index (χ1v) is 2.35. The van der Waals surface area contributed by atoms with Crippen LogP contribution in [0.1, 0.15) is 0 Å². The molecule has 36 valence electrons. The van der Waals surface area contributed by atoms with Crippen molar-refractivity contribution in [2.24, 2.45) is 9.98 Å². The molecule has 1 aliphatic rings. The predicted octanol–water partition coefficient (Wildman–Crippen LogP) is 0.469. The predicted molar refractivity (Wildman–Crippen MR) is 34.4 cm³/mol. The van der Waals surface area contributed by atoms with Crippen molar-refractivity contribution >= 4 is 29.6 Å². The molecule has 0 radical (unpaired) electrons. The highest BCUT2D eigenvalue weighted by atomic mass is 32.1. The minimum absolute atomic E-state index is 0.638. The van der Waals surface area contributed by atoms with Crippen LogP contribution in [0.25, 0.3) is 0 Å². The molecule has 1 rings (SSSR count). The summed E-state index contributed by atoms with van der Waals surface area (Å²) in [5, 5.41) is 0. The molecule has 0 bridgehead atoms. The second-order valence-electron chi connectivity index (χ2n) is 1.20. The Bertz CT molecular complexity index is 137. The maximum Gasteiger partial charge on any atom is 0.110 e. The van der Waals surface area contributed by atoms with Crippen molar-refractivity contribution in [3.05, 3.63) is 0 Å². The Morgan fingerprint density at radius 2 is 2.57 bits per heavy atom. The van der Waals surface area contributed by atoms with Crippen LogP contribution in [-0.4, -0.2) is 24.0 Å². The molecule has 0 aromatic rings. The molecule has 0 unspecified atom stereocenters. The zero-order valence-corrected chi connectivity index (χ0v) is 4.48. The van der Waals surface area contributed by atoms with E-state index in [1.54, 1.807) is 6.21 Å². The third-order valence-corrected chi connectivity index (χ3v) is 0.848. The van der Waals surface area contributed by atoms with Crippen LogP contribution in [0.4, 0.5) is 0 Å². The topological polar surface area (TPSA) is 24.7 Å². The standard InChI is InChI=1S/C4H4N2S/c7-4-1-5-3-6-2-4/h1,3H,2H2. The van der Waals surface area contributed by atoms with Crippen LogP contribution in [0.15, 0.2) is 9.98 Å². The molecule has 7 heavy (non-hydrogen) atoms. The van der Waals surface area contributed by atoms with Gasteiger partial charge in [-0.2, -0.15) is 0 Å². The molecule has 0 amide bonds. The van der Waals surface area contributed by atoms with E-state index in [0.29, 0.717) is 6.54 Å². The van der Waals surface area contributed by atoms with Gasteiger partial charge in [0.15, 0.2) is 0 Å². The van der Waals surface area contributed by atoms with Crippen molar-refractivity contribution in [2.75, 3.05) is 6.54 Å². The van der Waals surface area contributed by atoms with E-state index in [1.807, 2.05) is 0 Å². The molecule has 0 aromatic heterocycles. The molecule has 0 fully saturated rings. The van der Waals surface area contributed by atoms with Gasteiger partial charge in [-0.25, -0.2) is 4.99 Å². The van der Waals surface area contributed by atoms with Crippen molar-refractivity contribution in [3.63, 3.8) is 0 Å². The first-order chi connectivity index (χ1) is 3.39. The largest absolute Gasteiger partial charge is 0.268 e. The van der Waals surface area contributed by atoms with E-state index in [4.69, 9.17) is 12.2 Å². The summed E-state index contributed by atoms with van der Waals surface area (Å²) in [6.45, 7) is 0.638. The van der Waals surface area contributed by atoms with Crippen LogP contribution in [0.3, 0.4) is 0 Å². The minimum Gasteiger partial charge on any atom is -0.268 e. The average Bonchev–Trinajstić information content (AvgIpc) is 1.69. The summed E-state index contributed by atoms with van der Waals surface area (Å²) in [6.07, 6.45) is 3.15. The van der Waals surface area contributed by atoms with Gasteiger partial charge in [0.1, 0.15) is 6.34 Å². The summed E-state index contributed by atoms with van der Waals surface area (Å²) < 4.78 is 0. The number of aliphatic imine (C=N–C) groups is 2. The highest BCUT2D eigenvalue weighted by Gasteiger charge is 1.89. The van der Waals surface area contributed by atoms with Crippen molar-refractivity contribution in [1.29, 1.82) is 0 Å². The Labute approximate surface area is 47.0 Å². The van der Waals surface area contributed by atoms with E-state index in [0.717, 1.165) is 4.86 Å². The summed E-state index contributed by atoms with van der Waals surface area (Å²) in [5.41, 5.74) is 0. The molecular formula is C4H4N2S. The van der Waals surface area contributed by atoms with E-state index in [-0.39, 0.29) is 0 Å². The van der Waals surface area contributed by atoms with Gasteiger partial charge >= 0.3 is 0 Å². The lowest BCUT2D eigenvalue weighted by Gasteiger charge is -1.91. The van der Waals surface area contributed by atoms with Crippen molar-refractivity contribution in [2.45, 2.75) is 0 Å². The lowest BCUT2D eigenvalue weighted by molar-refractivity contribution is 1.32. The molecule has 1 aliphatic heterocycles. The summed E-state index contributed by atoms with van der Waals surface area (Å²) >= 11 is 4.74. The molecule has 0 saturated heterocycles. The third-order valence-electron chi connectivity index (χ3n) is 0.614. The smallest absolute Gasteiger partial charge is 0.110 e. The van der Waals surface area contributed by atoms with E-state index in [2.05, 4.69) is 9.98 Å². The van der Waals surface area contributed by atoms with Gasteiger partial charge in [0.25, 0.3) is 0 Å². The zero-order chi connectivity index (χ0) is 5.11. The summed E-state index contributed by atoms with van der Waals surface area (Å²) in [5.74, 6) is 0. The number of hydrogen-bond acceptors (Lipinski definition) is 3. The summed E-state index contributed by atoms with van der Waals surface area (Å²) in [7, 11) is 0. The second-order valence-corrected chi connectivity index (χ2v) is 1.73. The Morgan fingerprint density at radius 3 is 2.86 bits per heavy atom. The van der Waals surface area contributed by atoms with Gasteiger partial charge in [-0.3, -0.25) is 4.99 Å². The second kappa shape index (κ2) is 1.93. The van der Waals surface area contributed by atoms with Crippen LogP contribution in [-0.2, 0) is 0 Å². The quantitative estimate of drug-likeness (QED) is 0.418. The highest BCUT2D eigenvalue weighted by molar-refractivity contribution is 7.82. The molecule has 0 aliphatic carbocycles. The maximum atomic E-state index is 4.74. The summed E-state index contributed by atoms with van der Waals surface area (Å²) in [6, 6.07) is 0. The van der Waals surface area contributed by atoms with Gasteiger partial charge in [-0.15, -0.1) is 0 Å². The lowest BCUT2D eigenvalue weighted by atomic mass is 10.4. The van der Waals surface area contributed by atoms with Crippen molar-refractivity contribution in [1.82, 2.24) is 0 Å². The van der Waals surface area contributed by atoms with Gasteiger partial charge in [-0.1, -0.05) is 12.2 Å². The SMILES string of the molecule is S=C1C=NC=NC1. The molecular weight excluding hydrogens is 108 g/mol. The fraction of sp³-hybridized carbons (Fsp3) is 0.250. The molecule has 0 spiro atoms. The number of hydrogen-bond donors (Lipinski definition) is 0. The minimum atomic E-state index is 0.638. The van der Waals surface area contributed by atoms with Gasteiger partial charge < -0.3 is 0 Å². The van der Waals surface area contributed by atoms with E-state index in [1.165, 1.54) is 6.34 Å². The van der Waals surface area contributed by atoms with Gasteiger partial charge in [0, 0.05) is 6.21 Å². The Morgan fingerprint density at radius 1 is 1.71 bits per heavy atom. The molecule has 1 heterocycles. The van der Waals surface area contributed by atoms with Crippen LogP contribution in [0.2, 0.25) is 0 Å². The van der Waals surface area contributed by atoms with Crippen LogP contribution in [0, 0.1) is 0 Å². The zero-order valence-electron chi connectivity index (χ0n) is 3.66. The molecule has 3 heteroatoms. The average molecular weight is 112 g/mol. The first kappa shape index (κ1) is 4.59. The normalized spacial score (nSPS) is 18.0. The monoisotopic (exact) mass is 112 g/mol. The van der Waals surface area contributed by atoms with Crippen LogP contribution >= 0.6 is 12.2 Å². The fourth-order valence-corrected chi connectivity index (χ4v) is 0.471. The summed E-state index contributed by atoms with van der Waals surface area (Å²) in [4.78, 5) is 8.30. The maximum absolute atomic E-state index is 4.74. The van der Waals surface area contributed by atoms with Gasteiger partial charge in [0.05, 0.1) is 11.4 Å². The van der Waals surface area contributed by atoms with E-state index >= 15 is 0 Å². The number of thiocarbonyl (C=S) groups is 1. The molecule has 0 N–H and O–H groups in total. The Kier molecular flexibility index (Phi) is 1.26. The third kappa shape index (κ3) is 1.16. The van der Waals surface area contributed by atoms with Crippen LogP contribution in [0.5, 0.6) is 0 Å². The Balaban J connectivity index is 2.66. The van der Waals surface area contributed by atoms with Crippen molar-refractivity contribution < 1.29 is 0 Å². The Hall–Kier alpha value is -0.570. The molecule has 0 atom stereocenters. The fourth-order valence-electron chi connectivity index (χ4n) is 0.335. The van der Waals surface area contributed by atoms with Crippen molar-refractivity contribution in [3.8, 4) is 0 Å². The van der Waals surface area contributed by atoms with E-state index < -0.39 is 0 Å². The highest BCUT2D eigenvalue weighted by Crippen LogP contribution is 1.80. The van der Waals surface area contributed by atoms with Gasteiger partial charge in [0.2, 0.25) is 0 Å². The number of nitrogens with zero attached hydrogens (tertiary/aromatic N) is 2. The molecule has 0 saturated carbocycles. The number of rotatable bonds is 0.